The van der Waals surface area contributed by atoms with Crippen molar-refractivity contribution in [3.63, 3.8) is 0 Å². The van der Waals surface area contributed by atoms with Gasteiger partial charge in [-0.2, -0.15) is 0 Å². The van der Waals surface area contributed by atoms with Gasteiger partial charge >= 0.3 is 0 Å². The third kappa shape index (κ3) is 5.91. The van der Waals surface area contributed by atoms with E-state index in [9.17, 15) is 0 Å². The number of benzene rings is 2. The molecular formula is C26H32ClN3O2. The summed E-state index contributed by atoms with van der Waals surface area (Å²) in [7, 11) is 4.31. The average Bonchev–Trinajstić information content (AvgIpc) is 3.24. The predicted molar refractivity (Wildman–Crippen MR) is 129 cm³/mol. The highest BCUT2D eigenvalue weighted by atomic mass is 35.5. The Bertz CT molecular complexity index is 1000. The summed E-state index contributed by atoms with van der Waals surface area (Å²) in [6.07, 6.45) is 3.65. The van der Waals surface area contributed by atoms with E-state index >= 15 is 0 Å². The van der Waals surface area contributed by atoms with Crippen molar-refractivity contribution in [2.24, 2.45) is 0 Å². The summed E-state index contributed by atoms with van der Waals surface area (Å²) in [6.45, 7) is 4.87. The second kappa shape index (κ2) is 10.5. The molecule has 3 aromatic rings. The second-order valence-electron chi connectivity index (χ2n) is 8.82. The van der Waals surface area contributed by atoms with Crippen molar-refractivity contribution in [1.82, 2.24) is 15.0 Å². The number of hydrogen-bond donors (Lipinski definition) is 0. The molecule has 2 atom stereocenters. The van der Waals surface area contributed by atoms with Crippen molar-refractivity contribution in [1.29, 1.82) is 0 Å². The summed E-state index contributed by atoms with van der Waals surface area (Å²) in [5, 5.41) is 4.94. The normalized spacial score (nSPS) is 19.4. The maximum Gasteiger partial charge on any atom is 0.167 e. The molecule has 6 heteroatoms. The summed E-state index contributed by atoms with van der Waals surface area (Å²) in [5.74, 6) is 1.72. The highest BCUT2D eigenvalue weighted by molar-refractivity contribution is 6.30. The molecule has 2 aromatic carbocycles. The van der Waals surface area contributed by atoms with Gasteiger partial charge in [-0.25, -0.2) is 0 Å². The highest BCUT2D eigenvalue weighted by Gasteiger charge is 2.26. The fraction of sp³-hybridized carbons (Fsp3) is 0.423. The van der Waals surface area contributed by atoms with Crippen LogP contribution in [-0.2, 0) is 13.1 Å². The van der Waals surface area contributed by atoms with E-state index in [1.54, 1.807) is 0 Å². The molecule has 4 rings (SSSR count). The lowest BCUT2D eigenvalue weighted by atomic mass is 9.98. The fourth-order valence-electron chi connectivity index (χ4n) is 4.41. The van der Waals surface area contributed by atoms with Gasteiger partial charge in [0.2, 0.25) is 0 Å². The molecule has 1 saturated heterocycles. The van der Waals surface area contributed by atoms with Crippen LogP contribution in [0.25, 0.3) is 11.3 Å². The van der Waals surface area contributed by atoms with Crippen LogP contribution in [0.5, 0.6) is 5.75 Å². The molecule has 1 fully saturated rings. The minimum atomic E-state index is 0.297. The Hall–Kier alpha value is -2.34. The van der Waals surface area contributed by atoms with Crippen molar-refractivity contribution < 1.29 is 9.26 Å². The minimum Gasteiger partial charge on any atom is -0.490 e. The number of hydrogen-bond acceptors (Lipinski definition) is 5. The molecule has 1 aromatic heterocycles. The van der Waals surface area contributed by atoms with Gasteiger partial charge in [-0.3, -0.25) is 4.90 Å². The van der Waals surface area contributed by atoms with Gasteiger partial charge in [-0.05, 0) is 75.3 Å². The molecule has 32 heavy (non-hydrogen) atoms. The average molecular weight is 454 g/mol. The molecule has 5 nitrogen and oxygen atoms in total. The van der Waals surface area contributed by atoms with Crippen molar-refractivity contribution >= 4 is 11.6 Å². The fourth-order valence-corrected chi connectivity index (χ4v) is 4.53. The molecule has 0 spiro atoms. The van der Waals surface area contributed by atoms with E-state index in [-0.39, 0.29) is 0 Å². The summed E-state index contributed by atoms with van der Waals surface area (Å²) in [6, 6.07) is 18.7. The van der Waals surface area contributed by atoms with Crippen molar-refractivity contribution in [3.8, 4) is 17.1 Å². The van der Waals surface area contributed by atoms with Crippen LogP contribution in [0, 0.1) is 0 Å². The monoisotopic (exact) mass is 453 g/mol. The zero-order valence-electron chi connectivity index (χ0n) is 19.1. The van der Waals surface area contributed by atoms with E-state index in [0.717, 1.165) is 48.7 Å². The Kier molecular flexibility index (Phi) is 7.51. The quantitative estimate of drug-likeness (QED) is 0.426. The highest BCUT2D eigenvalue weighted by Crippen LogP contribution is 2.25. The minimum absolute atomic E-state index is 0.297. The molecule has 1 aliphatic heterocycles. The van der Waals surface area contributed by atoms with Gasteiger partial charge in [-0.1, -0.05) is 35.8 Å². The first-order chi connectivity index (χ1) is 15.5. The molecule has 0 saturated carbocycles. The molecule has 0 N–H and O–H groups in total. The topological polar surface area (TPSA) is 41.7 Å². The van der Waals surface area contributed by atoms with Gasteiger partial charge in [0.05, 0.1) is 5.69 Å². The Morgan fingerprint density at radius 2 is 1.97 bits per heavy atom. The molecule has 0 amide bonds. The first-order valence-corrected chi connectivity index (χ1v) is 11.7. The first kappa shape index (κ1) is 22.8. The third-order valence-electron chi connectivity index (χ3n) is 6.21. The number of likely N-dealkylation sites (tertiary alicyclic amines) is 1. The molecule has 0 radical (unpaired) electrons. The maximum absolute atomic E-state index is 6.36. The SMILES string of the molecule is CC[C@@H]1C[C@H](Oc2cccc(CN(C)Cc3cc(-c4ccc(Cl)cc4)on3)c2)CCN1C. The standard InChI is InChI=1S/C26H32ClN3O2/c1-4-23-16-25(12-13-30(23)3)31-24-7-5-6-19(14-24)17-29(2)18-22-15-26(32-28-22)20-8-10-21(27)11-9-20/h5-11,14-15,23,25H,4,12-13,16-18H2,1-3H3/t23-,25-/m1/s1. The Labute approximate surface area is 195 Å². The van der Waals surface area contributed by atoms with Gasteiger partial charge in [0.25, 0.3) is 0 Å². The maximum atomic E-state index is 6.36. The van der Waals surface area contributed by atoms with Crippen LogP contribution in [0.15, 0.2) is 59.1 Å². The number of aromatic nitrogens is 1. The molecular weight excluding hydrogens is 422 g/mol. The van der Waals surface area contributed by atoms with Crippen LogP contribution in [0.3, 0.4) is 0 Å². The summed E-state index contributed by atoms with van der Waals surface area (Å²) >= 11 is 5.97. The Morgan fingerprint density at radius 3 is 2.75 bits per heavy atom. The van der Waals surface area contributed by atoms with E-state index in [1.165, 1.54) is 12.0 Å². The number of nitrogens with zero attached hydrogens (tertiary/aromatic N) is 3. The van der Waals surface area contributed by atoms with Crippen molar-refractivity contribution in [2.75, 3.05) is 20.6 Å². The van der Waals surface area contributed by atoms with Crippen LogP contribution in [0.1, 0.15) is 37.4 Å². The lowest BCUT2D eigenvalue weighted by molar-refractivity contribution is 0.0700. The van der Waals surface area contributed by atoms with E-state index in [2.05, 4.69) is 60.2 Å². The van der Waals surface area contributed by atoms with Gasteiger partial charge in [0.1, 0.15) is 11.9 Å². The van der Waals surface area contributed by atoms with Crippen LogP contribution in [0.4, 0.5) is 0 Å². The van der Waals surface area contributed by atoms with Gasteiger partial charge in [0.15, 0.2) is 5.76 Å². The van der Waals surface area contributed by atoms with Gasteiger partial charge in [0, 0.05) is 42.3 Å². The second-order valence-corrected chi connectivity index (χ2v) is 9.25. The van der Waals surface area contributed by atoms with Crippen LogP contribution in [0.2, 0.25) is 5.02 Å². The number of piperidine rings is 1. The molecule has 0 unspecified atom stereocenters. The molecule has 2 heterocycles. The lowest BCUT2D eigenvalue weighted by Crippen LogP contribution is -2.43. The predicted octanol–water partition coefficient (Wildman–Crippen LogP) is 5.88. The van der Waals surface area contributed by atoms with Crippen LogP contribution < -0.4 is 4.74 Å². The molecule has 1 aliphatic rings. The number of halogens is 1. The summed E-state index contributed by atoms with van der Waals surface area (Å²) in [4.78, 5) is 4.68. The third-order valence-corrected chi connectivity index (χ3v) is 6.46. The van der Waals surface area contributed by atoms with Crippen molar-refractivity contribution in [3.05, 3.63) is 70.9 Å². The van der Waals surface area contributed by atoms with Gasteiger partial charge in [-0.15, -0.1) is 0 Å². The van der Waals surface area contributed by atoms with Gasteiger partial charge < -0.3 is 14.2 Å². The molecule has 0 bridgehead atoms. The zero-order valence-corrected chi connectivity index (χ0v) is 19.9. The summed E-state index contributed by atoms with van der Waals surface area (Å²) < 4.78 is 11.9. The van der Waals surface area contributed by atoms with E-state index in [0.29, 0.717) is 23.7 Å². The van der Waals surface area contributed by atoms with Crippen LogP contribution in [-0.4, -0.2) is 47.7 Å². The van der Waals surface area contributed by atoms with Crippen LogP contribution >= 0.6 is 11.6 Å². The van der Waals surface area contributed by atoms with E-state index in [4.69, 9.17) is 20.9 Å². The van der Waals surface area contributed by atoms with E-state index < -0.39 is 0 Å². The zero-order chi connectivity index (χ0) is 22.5. The molecule has 170 valence electrons. The Balaban J connectivity index is 1.33. The molecule has 0 aliphatic carbocycles. The number of ether oxygens (including phenoxy) is 1. The smallest absolute Gasteiger partial charge is 0.167 e. The number of rotatable bonds is 8. The van der Waals surface area contributed by atoms with E-state index in [1.807, 2.05) is 30.3 Å². The lowest BCUT2D eigenvalue weighted by Gasteiger charge is -2.36. The summed E-state index contributed by atoms with van der Waals surface area (Å²) in [5.41, 5.74) is 3.10. The first-order valence-electron chi connectivity index (χ1n) is 11.4. The Morgan fingerprint density at radius 1 is 1.16 bits per heavy atom. The largest absolute Gasteiger partial charge is 0.490 e. The van der Waals surface area contributed by atoms with Crippen molar-refractivity contribution in [2.45, 2.75) is 51.4 Å².